The monoisotopic (exact) mass is 401 g/mol. The van der Waals surface area contributed by atoms with E-state index in [9.17, 15) is 18.4 Å². The Morgan fingerprint density at radius 3 is 2.62 bits per heavy atom. The molecule has 1 aromatic carbocycles. The van der Waals surface area contributed by atoms with Gasteiger partial charge in [-0.2, -0.15) is 0 Å². The smallest absolute Gasteiger partial charge is 0.343 e. The zero-order valence-electron chi connectivity index (χ0n) is 16.0. The molecule has 3 aromatic rings. The third-order valence-corrected chi connectivity index (χ3v) is 5.39. The van der Waals surface area contributed by atoms with Crippen molar-refractivity contribution in [2.24, 2.45) is 0 Å². The second-order valence-electron chi connectivity index (χ2n) is 7.30. The number of halogens is 2. The lowest BCUT2D eigenvalue weighted by Crippen LogP contribution is -2.23. The van der Waals surface area contributed by atoms with Crippen molar-refractivity contribution in [1.29, 1.82) is 0 Å². The molecular formula is C21H21F2N3O3. The number of esters is 1. The Balaban J connectivity index is 1.64. The van der Waals surface area contributed by atoms with E-state index in [1.165, 1.54) is 16.8 Å². The predicted octanol–water partition coefficient (Wildman–Crippen LogP) is 4.16. The molecule has 0 amide bonds. The lowest BCUT2D eigenvalue weighted by Gasteiger charge is -2.28. The molecule has 8 heteroatoms. The molecule has 1 N–H and O–H groups in total. The molecule has 2 aromatic heterocycles. The molecule has 0 spiro atoms. The van der Waals surface area contributed by atoms with Gasteiger partial charge in [0.05, 0.1) is 12.3 Å². The van der Waals surface area contributed by atoms with Crippen LogP contribution in [-0.4, -0.2) is 33.1 Å². The van der Waals surface area contributed by atoms with Gasteiger partial charge in [-0.05, 0) is 31.2 Å². The van der Waals surface area contributed by atoms with Crippen molar-refractivity contribution in [2.75, 3.05) is 6.61 Å². The second kappa shape index (κ2) is 7.42. The van der Waals surface area contributed by atoms with Crippen LogP contribution in [0.4, 0.5) is 8.78 Å². The number of benzene rings is 1. The summed E-state index contributed by atoms with van der Waals surface area (Å²) in [6, 6.07) is 8.84. The van der Waals surface area contributed by atoms with Crippen molar-refractivity contribution in [3.63, 3.8) is 0 Å². The average molecular weight is 401 g/mol. The van der Waals surface area contributed by atoms with Crippen molar-refractivity contribution < 1.29 is 18.3 Å². The van der Waals surface area contributed by atoms with Gasteiger partial charge in [-0.3, -0.25) is 9.89 Å². The van der Waals surface area contributed by atoms with Crippen LogP contribution in [0.15, 0.2) is 41.3 Å². The van der Waals surface area contributed by atoms with Crippen LogP contribution in [0.5, 0.6) is 0 Å². The van der Waals surface area contributed by atoms with E-state index < -0.39 is 11.9 Å². The van der Waals surface area contributed by atoms with E-state index in [1.807, 2.05) is 24.3 Å². The first-order chi connectivity index (χ1) is 13.9. The summed E-state index contributed by atoms with van der Waals surface area (Å²) < 4.78 is 33.0. The minimum Gasteiger partial charge on any atom is -0.462 e. The molecule has 29 heavy (non-hydrogen) atoms. The normalized spacial score (nSPS) is 16.8. The molecule has 6 nitrogen and oxygen atoms in total. The number of H-pyrrole nitrogens is 1. The Morgan fingerprint density at radius 2 is 1.97 bits per heavy atom. The Bertz CT molecular complexity index is 1090. The Hall–Kier alpha value is -3.03. The van der Waals surface area contributed by atoms with Crippen molar-refractivity contribution in [2.45, 2.75) is 44.4 Å². The summed E-state index contributed by atoms with van der Waals surface area (Å²) in [6.07, 6.45) is 2.15. The molecule has 0 atom stereocenters. The van der Waals surface area contributed by atoms with Crippen molar-refractivity contribution in [1.82, 2.24) is 14.6 Å². The molecule has 0 saturated heterocycles. The second-order valence-corrected chi connectivity index (χ2v) is 7.30. The van der Waals surface area contributed by atoms with Gasteiger partial charge in [0.25, 0.3) is 5.56 Å². The van der Waals surface area contributed by atoms with Crippen molar-refractivity contribution in [3.8, 4) is 11.3 Å². The standard InChI is InChI=1S/C21H21F2N3O3/c1-2-29-20(28)16-12-24-26-18(27)11-17(25-19(16)26)15-5-3-13(4-6-15)14-7-9-21(22,23)10-8-14/h3-6,11-12,14,24H,2,7-10H2,1H3. The van der Waals surface area contributed by atoms with E-state index in [-0.39, 0.29) is 42.1 Å². The quantitative estimate of drug-likeness (QED) is 0.666. The summed E-state index contributed by atoms with van der Waals surface area (Å²) >= 11 is 0. The fourth-order valence-corrected chi connectivity index (χ4v) is 3.79. The molecule has 2 heterocycles. The number of carbonyl (C=O) groups is 1. The maximum atomic E-state index is 13.4. The first kappa shape index (κ1) is 19.3. The van der Waals surface area contributed by atoms with Crippen LogP contribution in [0.1, 0.15) is 54.4 Å². The highest BCUT2D eigenvalue weighted by Gasteiger charge is 2.35. The number of rotatable bonds is 4. The molecule has 152 valence electrons. The third kappa shape index (κ3) is 3.79. The molecule has 1 saturated carbocycles. The number of aromatic amines is 1. The van der Waals surface area contributed by atoms with Gasteiger partial charge in [0.1, 0.15) is 5.56 Å². The first-order valence-corrected chi connectivity index (χ1v) is 9.64. The van der Waals surface area contributed by atoms with Gasteiger partial charge in [0.15, 0.2) is 5.65 Å². The lowest BCUT2D eigenvalue weighted by atomic mass is 9.82. The number of nitrogens with one attached hydrogen (secondary N) is 1. The zero-order chi connectivity index (χ0) is 20.6. The molecule has 4 rings (SSSR count). The molecule has 0 bridgehead atoms. The summed E-state index contributed by atoms with van der Waals surface area (Å²) in [5, 5.41) is 2.71. The topological polar surface area (TPSA) is 76.5 Å². The van der Waals surface area contributed by atoms with Crippen LogP contribution >= 0.6 is 0 Å². The van der Waals surface area contributed by atoms with Crippen molar-refractivity contribution in [3.05, 3.63) is 58.0 Å². The Morgan fingerprint density at radius 1 is 1.28 bits per heavy atom. The SMILES string of the molecule is CCOC(=O)c1c[nH]n2c(=O)cc(-c3ccc(C4CCC(F)(F)CC4)cc3)nc12. The first-order valence-electron chi connectivity index (χ1n) is 9.64. The molecular weight excluding hydrogens is 380 g/mol. The predicted molar refractivity (Wildman–Crippen MR) is 103 cm³/mol. The van der Waals surface area contributed by atoms with Gasteiger partial charge in [-0.15, -0.1) is 0 Å². The highest BCUT2D eigenvalue weighted by atomic mass is 19.3. The van der Waals surface area contributed by atoms with Crippen LogP contribution in [-0.2, 0) is 4.74 Å². The van der Waals surface area contributed by atoms with Gasteiger partial charge < -0.3 is 4.74 Å². The number of alkyl halides is 2. The minimum absolute atomic E-state index is 0.0848. The number of aromatic nitrogens is 3. The minimum atomic E-state index is -2.55. The number of carbonyl (C=O) groups excluding carboxylic acids is 1. The van der Waals surface area contributed by atoms with Gasteiger partial charge in [-0.1, -0.05) is 24.3 Å². The van der Waals surface area contributed by atoms with Crippen LogP contribution in [0.2, 0.25) is 0 Å². The van der Waals surface area contributed by atoms with Crippen LogP contribution < -0.4 is 5.56 Å². The zero-order valence-corrected chi connectivity index (χ0v) is 16.0. The molecule has 1 aliphatic rings. The highest BCUT2D eigenvalue weighted by Crippen LogP contribution is 2.41. The van der Waals surface area contributed by atoms with Gasteiger partial charge in [0, 0.05) is 30.7 Å². The van der Waals surface area contributed by atoms with Crippen LogP contribution in [0.3, 0.4) is 0 Å². The molecule has 0 aliphatic heterocycles. The number of hydrogen-bond donors (Lipinski definition) is 1. The van der Waals surface area contributed by atoms with Crippen molar-refractivity contribution >= 4 is 11.6 Å². The van der Waals surface area contributed by atoms with E-state index in [0.29, 0.717) is 24.1 Å². The number of hydrogen-bond acceptors (Lipinski definition) is 4. The summed E-state index contributed by atoms with van der Waals surface area (Å²) in [6.45, 7) is 1.92. The molecule has 1 fully saturated rings. The van der Waals surface area contributed by atoms with Gasteiger partial charge >= 0.3 is 5.97 Å². The average Bonchev–Trinajstić information content (AvgIpc) is 3.13. The van der Waals surface area contributed by atoms with E-state index in [1.54, 1.807) is 6.92 Å². The molecule has 0 unspecified atom stereocenters. The van der Waals surface area contributed by atoms with E-state index in [0.717, 1.165) is 5.56 Å². The van der Waals surface area contributed by atoms with E-state index in [4.69, 9.17) is 4.74 Å². The fraction of sp³-hybridized carbons (Fsp3) is 0.381. The summed E-state index contributed by atoms with van der Waals surface area (Å²) in [4.78, 5) is 29.0. The summed E-state index contributed by atoms with van der Waals surface area (Å²) in [5.74, 6) is -2.99. The third-order valence-electron chi connectivity index (χ3n) is 5.39. The highest BCUT2D eigenvalue weighted by molar-refractivity contribution is 5.95. The Labute approximate surface area is 165 Å². The maximum Gasteiger partial charge on any atom is 0.343 e. The van der Waals surface area contributed by atoms with Crippen LogP contribution in [0, 0.1) is 0 Å². The largest absolute Gasteiger partial charge is 0.462 e. The van der Waals surface area contributed by atoms with Crippen LogP contribution in [0.25, 0.3) is 16.9 Å². The lowest BCUT2D eigenvalue weighted by molar-refractivity contribution is -0.0382. The van der Waals surface area contributed by atoms with E-state index in [2.05, 4.69) is 10.1 Å². The summed E-state index contributed by atoms with van der Waals surface area (Å²) in [7, 11) is 0. The van der Waals surface area contributed by atoms with Gasteiger partial charge in [-0.25, -0.2) is 23.1 Å². The molecule has 0 radical (unpaired) electrons. The van der Waals surface area contributed by atoms with Gasteiger partial charge in [0.2, 0.25) is 5.92 Å². The maximum absolute atomic E-state index is 13.4. The number of ether oxygens (including phenoxy) is 1. The van der Waals surface area contributed by atoms with E-state index >= 15 is 0 Å². The molecule has 1 aliphatic carbocycles. The summed E-state index contributed by atoms with van der Waals surface area (Å²) in [5.41, 5.74) is 2.19. The number of nitrogens with zero attached hydrogens (tertiary/aromatic N) is 2. The number of fused-ring (bicyclic) bond motifs is 1. The Kier molecular flexibility index (Phi) is 4.94. The fourth-order valence-electron chi connectivity index (χ4n) is 3.79.